The maximum absolute atomic E-state index is 17.5. The van der Waals surface area contributed by atoms with Gasteiger partial charge in [-0.05, 0) is 37.9 Å². The Morgan fingerprint density at radius 1 is 1.15 bits per heavy atom. The Balaban J connectivity index is 1.44. The van der Waals surface area contributed by atoms with Crippen LogP contribution in [0.2, 0.25) is 0 Å². The Labute approximate surface area is 305 Å². The number of nitrogen functional groups attached to an aromatic ring is 2. The molecule has 15 heteroatoms. The fraction of sp³-hybridized carbons (Fsp3) is 0.514. The summed E-state index contributed by atoms with van der Waals surface area (Å²) < 4.78 is 59.2. The zero-order valence-electron chi connectivity index (χ0n) is 29.9. The number of nitriles is 1. The number of likely N-dealkylation sites (N-methyl/N-ethyl adjacent to an activating group) is 1. The van der Waals surface area contributed by atoms with E-state index in [-0.39, 0.29) is 67.7 Å². The summed E-state index contributed by atoms with van der Waals surface area (Å²) in [5.74, 6) is -0.896. The molecule has 4 aromatic rings. The fourth-order valence-electron chi connectivity index (χ4n) is 8.72. The van der Waals surface area contributed by atoms with E-state index in [9.17, 15) is 9.65 Å². The van der Waals surface area contributed by atoms with Gasteiger partial charge >= 0.3 is 6.01 Å². The number of anilines is 3. The highest BCUT2D eigenvalue weighted by atomic mass is 32.1. The van der Waals surface area contributed by atoms with Gasteiger partial charge in [0.2, 0.25) is 0 Å². The second-order valence-electron chi connectivity index (χ2n) is 14.2. The fourth-order valence-corrected chi connectivity index (χ4v) is 9.67. The lowest BCUT2D eigenvalue weighted by Gasteiger charge is -2.42. The molecule has 2 bridgehead atoms. The summed E-state index contributed by atoms with van der Waals surface area (Å²) in [6.45, 7) is 5.15. The largest absolute Gasteiger partial charge is 0.461 e. The maximum atomic E-state index is 17.5. The molecule has 3 fully saturated rings. The lowest BCUT2D eigenvalue weighted by atomic mass is 9.91. The molecule has 0 radical (unpaired) electrons. The average molecular weight is 736 g/mol. The van der Waals surface area contributed by atoms with Crippen LogP contribution in [0, 0.1) is 23.0 Å². The van der Waals surface area contributed by atoms with Crippen LogP contribution in [0.5, 0.6) is 6.01 Å². The number of nitrogens with zero attached hydrogens (tertiary/aromatic N) is 7. The molecule has 0 saturated carbocycles. The number of thiophene rings is 1. The van der Waals surface area contributed by atoms with E-state index in [1.54, 1.807) is 20.4 Å². The van der Waals surface area contributed by atoms with Crippen LogP contribution in [0.25, 0.3) is 32.1 Å². The molecule has 276 valence electrons. The Bertz CT molecular complexity index is 2070. The minimum absolute atomic E-state index is 0.0425. The van der Waals surface area contributed by atoms with Gasteiger partial charge in [0.05, 0.1) is 33.5 Å². The number of nitrogens with two attached hydrogens (primary N) is 2. The number of hydrogen-bond acceptors (Lipinski definition) is 12. The molecule has 0 amide bonds. The quantitative estimate of drug-likeness (QED) is 0.144. The number of hydrogen-bond donors (Lipinski definition) is 2. The first-order chi connectivity index (χ1) is 25.0. The van der Waals surface area contributed by atoms with Crippen molar-refractivity contribution in [2.24, 2.45) is 4.99 Å². The molecule has 5 heterocycles. The predicted octanol–water partition coefficient (Wildman–Crippen LogP) is 5.77. The molecule has 11 nitrogen and oxygen atoms in total. The predicted molar refractivity (Wildman–Crippen MR) is 200 cm³/mol. The van der Waals surface area contributed by atoms with E-state index in [1.165, 1.54) is 12.1 Å². The van der Waals surface area contributed by atoms with Gasteiger partial charge in [0.15, 0.2) is 5.82 Å². The van der Waals surface area contributed by atoms with Crippen molar-refractivity contribution in [2.75, 3.05) is 77.0 Å². The molecule has 7 rings (SSSR count). The number of halogens is 3. The van der Waals surface area contributed by atoms with E-state index in [4.69, 9.17) is 30.9 Å². The van der Waals surface area contributed by atoms with Gasteiger partial charge in [0.25, 0.3) is 0 Å². The number of methoxy groups -OCH3 is 1. The van der Waals surface area contributed by atoms with E-state index in [0.29, 0.717) is 55.9 Å². The molecule has 52 heavy (non-hydrogen) atoms. The Morgan fingerprint density at radius 3 is 2.54 bits per heavy atom. The average Bonchev–Trinajstić information content (AvgIpc) is 3.70. The maximum Gasteiger partial charge on any atom is 0.319 e. The molecular weight excluding hydrogens is 692 g/mol. The molecule has 0 spiro atoms. The van der Waals surface area contributed by atoms with Crippen LogP contribution in [-0.4, -0.2) is 110 Å². The minimum atomic E-state index is -0.992. The van der Waals surface area contributed by atoms with Crippen LogP contribution >= 0.6 is 11.3 Å². The van der Waals surface area contributed by atoms with Crippen molar-refractivity contribution in [3.63, 3.8) is 0 Å². The van der Waals surface area contributed by atoms with Gasteiger partial charge in [-0.3, -0.25) is 14.8 Å². The van der Waals surface area contributed by atoms with Gasteiger partial charge in [-0.15, -0.1) is 11.3 Å². The van der Waals surface area contributed by atoms with E-state index >= 15 is 8.78 Å². The van der Waals surface area contributed by atoms with Crippen molar-refractivity contribution < 1.29 is 22.6 Å². The molecule has 4 N–H and O–H groups in total. The topological polar surface area (TPSA) is 142 Å². The molecule has 2 aromatic carbocycles. The summed E-state index contributed by atoms with van der Waals surface area (Å²) in [7, 11) is 5.18. The van der Waals surface area contributed by atoms with Crippen LogP contribution in [0.3, 0.4) is 0 Å². The van der Waals surface area contributed by atoms with Gasteiger partial charge < -0.3 is 25.8 Å². The number of likely N-dealkylation sites (tertiary alicyclic amines) is 1. The molecule has 3 saturated heterocycles. The number of aromatic nitrogens is 2. The summed E-state index contributed by atoms with van der Waals surface area (Å²) in [6.07, 6.45) is 4.40. The number of piperazine rings is 1. The van der Waals surface area contributed by atoms with E-state index in [0.717, 1.165) is 37.1 Å². The van der Waals surface area contributed by atoms with Crippen LogP contribution in [0.15, 0.2) is 17.1 Å². The molecule has 4 atom stereocenters. The molecular formula is C37H44F3N9O2S. The smallest absolute Gasteiger partial charge is 0.319 e. The van der Waals surface area contributed by atoms with Gasteiger partial charge in [-0.2, -0.15) is 15.2 Å². The van der Waals surface area contributed by atoms with Crippen molar-refractivity contribution in [2.45, 2.75) is 62.8 Å². The molecule has 0 aliphatic carbocycles. The number of benzene rings is 2. The minimum Gasteiger partial charge on any atom is -0.461 e. The molecule has 2 unspecified atom stereocenters. The first-order valence-corrected chi connectivity index (χ1v) is 18.5. The van der Waals surface area contributed by atoms with Crippen LogP contribution in [0.1, 0.15) is 50.2 Å². The first kappa shape index (κ1) is 36.1. The molecule has 3 aliphatic heterocycles. The Kier molecular flexibility index (Phi) is 9.94. The summed E-state index contributed by atoms with van der Waals surface area (Å²) in [5.41, 5.74) is 13.0. The van der Waals surface area contributed by atoms with E-state index in [1.807, 2.05) is 11.9 Å². The first-order valence-electron chi connectivity index (χ1n) is 17.7. The number of rotatable bonds is 11. The summed E-state index contributed by atoms with van der Waals surface area (Å²) >= 11 is 0.922. The van der Waals surface area contributed by atoms with Crippen molar-refractivity contribution in [1.82, 2.24) is 19.8 Å². The third-order valence-corrected chi connectivity index (χ3v) is 12.2. The lowest BCUT2D eigenvalue weighted by Crippen LogP contribution is -2.54. The second-order valence-corrected chi connectivity index (χ2v) is 15.2. The third kappa shape index (κ3) is 5.99. The van der Waals surface area contributed by atoms with Gasteiger partial charge in [-0.1, -0.05) is 19.4 Å². The monoisotopic (exact) mass is 735 g/mol. The number of ether oxygens (including phenoxy) is 2. The lowest BCUT2D eigenvalue weighted by molar-refractivity contribution is 0.0824. The zero-order valence-corrected chi connectivity index (χ0v) is 30.7. The second kappa shape index (κ2) is 14.3. The molecule has 2 aromatic heterocycles. The van der Waals surface area contributed by atoms with Gasteiger partial charge in [0.1, 0.15) is 41.0 Å². The van der Waals surface area contributed by atoms with Crippen LogP contribution < -0.4 is 21.1 Å². The number of aliphatic imine (C=N–C) groups is 1. The highest BCUT2D eigenvalue weighted by Crippen LogP contribution is 2.47. The zero-order chi connectivity index (χ0) is 36.9. The Morgan fingerprint density at radius 2 is 1.90 bits per heavy atom. The standard InChI is InChI=1S/C37H44F3N9O2S/c1-5-10-37(13-20(38)16-47(37)3)19-51-36-45-32-29(35(46-36)48-17-21-6-7-22(18-48)49(21)11-12-50-4)25(15-44-2)31(42)28(30(32)40)23-8-9-26(39)33-27(23)24(14-41)34(43)52-33/h8-9,15,20-22H,5-7,10-13,16-19,42-43H2,1-4H3/t20-,21?,22?,37+/m1/s1. The third-order valence-electron chi connectivity index (χ3n) is 11.1. The number of alkyl halides is 1. The molecule has 3 aliphatic rings. The van der Waals surface area contributed by atoms with Crippen LogP contribution in [-0.2, 0) is 4.74 Å². The van der Waals surface area contributed by atoms with E-state index < -0.39 is 23.3 Å². The normalized spacial score (nSPS) is 23.8. The van der Waals surface area contributed by atoms with Crippen molar-refractivity contribution in [1.29, 1.82) is 5.26 Å². The number of fused-ring (bicyclic) bond motifs is 4. The van der Waals surface area contributed by atoms with Crippen molar-refractivity contribution in [3.05, 3.63) is 34.9 Å². The van der Waals surface area contributed by atoms with Crippen LogP contribution in [0.4, 0.5) is 29.7 Å². The summed E-state index contributed by atoms with van der Waals surface area (Å²) in [5, 5.41) is 10.7. The SMILES string of the molecule is CCC[C@@]1(COc2nc(N3CC4CCC(C3)N4CCOC)c3c(C=NC)c(N)c(-c4ccc(F)c5sc(N)c(C#N)c45)c(F)c3n2)C[C@@H](F)CN1C. The summed E-state index contributed by atoms with van der Waals surface area (Å²) in [6, 6.07) is 5.11. The van der Waals surface area contributed by atoms with Crippen molar-refractivity contribution in [3.8, 4) is 23.2 Å². The van der Waals surface area contributed by atoms with E-state index in [2.05, 4.69) is 27.8 Å². The summed E-state index contributed by atoms with van der Waals surface area (Å²) in [4.78, 5) is 20.6. The Hall–Kier alpha value is -4.23. The highest BCUT2D eigenvalue weighted by molar-refractivity contribution is 7.23. The van der Waals surface area contributed by atoms with Gasteiger partial charge in [0, 0.05) is 81.6 Å². The van der Waals surface area contributed by atoms with Gasteiger partial charge in [-0.25, -0.2) is 13.2 Å². The van der Waals surface area contributed by atoms with Crippen molar-refractivity contribution >= 4 is 55.0 Å². The highest BCUT2D eigenvalue weighted by Gasteiger charge is 2.45.